The molecule has 0 saturated heterocycles. The highest BCUT2D eigenvalue weighted by molar-refractivity contribution is 7.10. The van der Waals surface area contributed by atoms with Crippen LogP contribution in [0.5, 0.6) is 0 Å². The Morgan fingerprint density at radius 2 is 2.10 bits per heavy atom. The number of rotatable bonds is 4. The molecule has 0 atom stereocenters. The van der Waals surface area contributed by atoms with Gasteiger partial charge in [0.15, 0.2) is 0 Å². The lowest BCUT2D eigenvalue weighted by molar-refractivity contribution is 0.0942. The van der Waals surface area contributed by atoms with Crippen molar-refractivity contribution >= 4 is 17.2 Å². The molecule has 0 fully saturated rings. The summed E-state index contributed by atoms with van der Waals surface area (Å²) in [5.74, 6) is -0.849. The van der Waals surface area contributed by atoms with Gasteiger partial charge in [-0.05, 0) is 30.5 Å². The Bertz CT molecular complexity index is 605. The molecular weight excluding hydrogens is 273 g/mol. The molecular formula is C16H18FNOS. The molecule has 1 heterocycles. The highest BCUT2D eigenvalue weighted by Gasteiger charge is 2.23. The first-order valence-corrected chi connectivity index (χ1v) is 7.36. The summed E-state index contributed by atoms with van der Waals surface area (Å²) in [4.78, 5) is 13.3. The fraction of sp³-hybridized carbons (Fsp3) is 0.312. The number of amides is 1. The first-order chi connectivity index (χ1) is 9.40. The second kappa shape index (κ2) is 5.75. The summed E-state index contributed by atoms with van der Waals surface area (Å²) in [5, 5.41) is 4.84. The molecule has 0 aliphatic heterocycles. The average Bonchev–Trinajstić information content (AvgIpc) is 2.93. The number of carbonyl (C=O) groups excluding carboxylic acids is 1. The summed E-state index contributed by atoms with van der Waals surface area (Å²) < 4.78 is 13.7. The molecule has 0 bridgehead atoms. The van der Waals surface area contributed by atoms with Crippen LogP contribution in [0, 0.1) is 12.7 Å². The Balaban J connectivity index is 2.07. The van der Waals surface area contributed by atoms with E-state index in [0.29, 0.717) is 6.54 Å². The van der Waals surface area contributed by atoms with E-state index < -0.39 is 5.82 Å². The Morgan fingerprint density at radius 3 is 2.75 bits per heavy atom. The van der Waals surface area contributed by atoms with Gasteiger partial charge >= 0.3 is 0 Å². The molecule has 2 rings (SSSR count). The first kappa shape index (κ1) is 14.7. The third-order valence-corrected chi connectivity index (χ3v) is 4.48. The van der Waals surface area contributed by atoms with Crippen LogP contribution in [0.15, 0.2) is 35.7 Å². The standard InChI is InChI=1S/C16H18FNOS/c1-11-6-7-13(17)12(9-11)15(19)18-10-16(2,3)14-5-4-8-20-14/h4-9H,10H2,1-3H3,(H,18,19). The molecule has 4 heteroatoms. The van der Waals surface area contributed by atoms with E-state index >= 15 is 0 Å². The number of hydrogen-bond acceptors (Lipinski definition) is 2. The molecule has 0 saturated carbocycles. The van der Waals surface area contributed by atoms with Crippen LogP contribution in [0.3, 0.4) is 0 Å². The molecule has 0 spiro atoms. The van der Waals surface area contributed by atoms with Crippen molar-refractivity contribution in [1.29, 1.82) is 0 Å². The van der Waals surface area contributed by atoms with E-state index in [1.165, 1.54) is 10.9 Å². The van der Waals surface area contributed by atoms with Gasteiger partial charge in [-0.3, -0.25) is 4.79 Å². The maximum absolute atomic E-state index is 13.7. The molecule has 1 aromatic heterocycles. The van der Waals surface area contributed by atoms with Gasteiger partial charge in [0.25, 0.3) is 5.91 Å². The number of hydrogen-bond donors (Lipinski definition) is 1. The predicted octanol–water partition coefficient (Wildman–Crippen LogP) is 3.90. The minimum absolute atomic E-state index is 0.104. The van der Waals surface area contributed by atoms with E-state index in [-0.39, 0.29) is 16.9 Å². The Morgan fingerprint density at radius 1 is 1.35 bits per heavy atom. The molecule has 1 aromatic carbocycles. The molecule has 2 nitrogen and oxygen atoms in total. The second-order valence-electron chi connectivity index (χ2n) is 5.53. The molecule has 0 aliphatic rings. The van der Waals surface area contributed by atoms with Crippen molar-refractivity contribution in [3.63, 3.8) is 0 Å². The van der Waals surface area contributed by atoms with Crippen LogP contribution >= 0.6 is 11.3 Å². The topological polar surface area (TPSA) is 29.1 Å². The normalized spacial score (nSPS) is 11.4. The number of halogens is 1. The molecule has 106 valence electrons. The van der Waals surface area contributed by atoms with E-state index in [1.807, 2.05) is 24.4 Å². The number of thiophene rings is 1. The Kier molecular flexibility index (Phi) is 4.23. The highest BCUT2D eigenvalue weighted by Crippen LogP contribution is 2.26. The fourth-order valence-electron chi connectivity index (χ4n) is 1.96. The summed E-state index contributed by atoms with van der Waals surface area (Å²) in [6.07, 6.45) is 0. The van der Waals surface area contributed by atoms with Crippen LogP contribution in [0.2, 0.25) is 0 Å². The van der Waals surface area contributed by atoms with Gasteiger partial charge in [0.05, 0.1) is 5.56 Å². The Labute approximate surface area is 122 Å². The van der Waals surface area contributed by atoms with Crippen molar-refractivity contribution in [2.75, 3.05) is 6.54 Å². The smallest absolute Gasteiger partial charge is 0.254 e. The van der Waals surface area contributed by atoms with E-state index in [4.69, 9.17) is 0 Å². The lowest BCUT2D eigenvalue weighted by Gasteiger charge is -2.23. The second-order valence-corrected chi connectivity index (χ2v) is 6.47. The van der Waals surface area contributed by atoms with Crippen LogP contribution in [-0.2, 0) is 5.41 Å². The van der Waals surface area contributed by atoms with Crippen molar-refractivity contribution < 1.29 is 9.18 Å². The number of benzene rings is 1. The quantitative estimate of drug-likeness (QED) is 0.909. The third kappa shape index (κ3) is 3.25. The van der Waals surface area contributed by atoms with Gasteiger partial charge in [-0.2, -0.15) is 0 Å². The average molecular weight is 291 g/mol. The predicted molar refractivity (Wildman–Crippen MR) is 80.8 cm³/mol. The zero-order chi connectivity index (χ0) is 14.8. The lowest BCUT2D eigenvalue weighted by Crippen LogP contribution is -2.36. The summed E-state index contributed by atoms with van der Waals surface area (Å²) in [7, 11) is 0. The molecule has 20 heavy (non-hydrogen) atoms. The molecule has 0 aliphatic carbocycles. The van der Waals surface area contributed by atoms with Gasteiger partial charge in [0.2, 0.25) is 0 Å². The van der Waals surface area contributed by atoms with Gasteiger partial charge in [0, 0.05) is 16.8 Å². The minimum atomic E-state index is -0.484. The summed E-state index contributed by atoms with van der Waals surface area (Å²) in [5.41, 5.74) is 0.811. The van der Waals surface area contributed by atoms with Gasteiger partial charge < -0.3 is 5.32 Å². The van der Waals surface area contributed by atoms with Gasteiger partial charge in [0.1, 0.15) is 5.82 Å². The summed E-state index contributed by atoms with van der Waals surface area (Å²) in [6.45, 7) is 6.43. The van der Waals surface area contributed by atoms with Crippen LogP contribution in [-0.4, -0.2) is 12.5 Å². The van der Waals surface area contributed by atoms with E-state index in [0.717, 1.165) is 5.56 Å². The Hall–Kier alpha value is -1.68. The molecule has 1 amide bonds. The molecule has 0 unspecified atom stereocenters. The maximum atomic E-state index is 13.7. The number of nitrogens with one attached hydrogen (secondary N) is 1. The monoisotopic (exact) mass is 291 g/mol. The molecule has 1 N–H and O–H groups in total. The zero-order valence-electron chi connectivity index (χ0n) is 11.9. The fourth-order valence-corrected chi connectivity index (χ4v) is 2.81. The molecule has 2 aromatic rings. The van der Waals surface area contributed by atoms with Crippen molar-refractivity contribution in [2.24, 2.45) is 0 Å². The van der Waals surface area contributed by atoms with Crippen molar-refractivity contribution in [2.45, 2.75) is 26.2 Å². The van der Waals surface area contributed by atoms with Crippen LogP contribution in [0.4, 0.5) is 4.39 Å². The molecule has 0 radical (unpaired) electrons. The van der Waals surface area contributed by atoms with E-state index in [9.17, 15) is 9.18 Å². The maximum Gasteiger partial charge on any atom is 0.254 e. The van der Waals surface area contributed by atoms with Crippen LogP contribution in [0.25, 0.3) is 0 Å². The van der Waals surface area contributed by atoms with Gasteiger partial charge in [-0.25, -0.2) is 4.39 Å². The van der Waals surface area contributed by atoms with Gasteiger partial charge in [-0.15, -0.1) is 11.3 Å². The van der Waals surface area contributed by atoms with Crippen molar-refractivity contribution in [3.8, 4) is 0 Å². The third-order valence-electron chi connectivity index (χ3n) is 3.25. The SMILES string of the molecule is Cc1ccc(F)c(C(=O)NCC(C)(C)c2cccs2)c1. The largest absolute Gasteiger partial charge is 0.351 e. The first-order valence-electron chi connectivity index (χ1n) is 6.48. The highest BCUT2D eigenvalue weighted by atomic mass is 32.1. The van der Waals surface area contributed by atoms with E-state index in [1.54, 1.807) is 23.5 Å². The number of aryl methyl sites for hydroxylation is 1. The summed E-state index contributed by atoms with van der Waals surface area (Å²) >= 11 is 1.66. The summed E-state index contributed by atoms with van der Waals surface area (Å²) in [6, 6.07) is 8.59. The van der Waals surface area contributed by atoms with E-state index in [2.05, 4.69) is 19.2 Å². The van der Waals surface area contributed by atoms with Crippen LogP contribution in [0.1, 0.15) is 34.6 Å². The van der Waals surface area contributed by atoms with Crippen molar-refractivity contribution in [1.82, 2.24) is 5.32 Å². The van der Waals surface area contributed by atoms with Crippen molar-refractivity contribution in [3.05, 3.63) is 57.5 Å². The van der Waals surface area contributed by atoms with Crippen LogP contribution < -0.4 is 5.32 Å². The number of carbonyl (C=O) groups is 1. The zero-order valence-corrected chi connectivity index (χ0v) is 12.7. The lowest BCUT2D eigenvalue weighted by atomic mass is 9.91. The minimum Gasteiger partial charge on any atom is -0.351 e. The van der Waals surface area contributed by atoms with Gasteiger partial charge in [-0.1, -0.05) is 31.5 Å².